The number of allylic oxidation sites excluding steroid dienone is 2. The average molecular weight is 116 g/mol. The molecule has 0 aromatic rings. The molecular weight excluding hydrogens is 104 g/mol. The molecule has 0 amide bonds. The maximum atomic E-state index is 4.18. The molecule has 0 rings (SSSR count). The van der Waals surface area contributed by atoms with Gasteiger partial charge < -0.3 is 0 Å². The van der Waals surface area contributed by atoms with Gasteiger partial charge in [-0.25, -0.2) is 0 Å². The minimum Gasteiger partial charge on any atom is -0.176 e. The number of thiol groups is 1. The van der Waals surface area contributed by atoms with Crippen LogP contribution in [0.4, 0.5) is 0 Å². The van der Waals surface area contributed by atoms with Gasteiger partial charge in [-0.15, -0.1) is 0 Å². The van der Waals surface area contributed by atoms with Gasteiger partial charge in [0.1, 0.15) is 0 Å². The van der Waals surface area contributed by atoms with Crippen LogP contribution in [-0.2, 0) is 0 Å². The van der Waals surface area contributed by atoms with Crippen molar-refractivity contribution in [3.8, 4) is 0 Å². The third kappa shape index (κ3) is 6.09. The molecule has 0 heterocycles. The number of rotatable bonds is 2. The van der Waals surface area contributed by atoms with Crippen molar-refractivity contribution in [3.63, 3.8) is 0 Å². The Morgan fingerprint density at radius 3 is 2.43 bits per heavy atom. The lowest BCUT2D eigenvalue weighted by Crippen LogP contribution is -1.84. The fraction of sp³-hybridized carbons (Fsp3) is 0.667. The summed E-state index contributed by atoms with van der Waals surface area (Å²) in [4.78, 5) is 0. The Labute approximate surface area is 51.0 Å². The van der Waals surface area contributed by atoms with Crippen molar-refractivity contribution >= 4 is 12.6 Å². The minimum atomic E-state index is 0.510. The number of hydrogen-bond donors (Lipinski definition) is 1. The molecule has 0 aliphatic carbocycles. The van der Waals surface area contributed by atoms with Crippen LogP contribution in [0.1, 0.15) is 20.3 Å². The molecule has 42 valence electrons. The van der Waals surface area contributed by atoms with Gasteiger partial charge in [-0.05, 0) is 13.3 Å². The van der Waals surface area contributed by atoms with E-state index in [1.165, 1.54) is 0 Å². The second kappa shape index (κ2) is 4.25. The van der Waals surface area contributed by atoms with Crippen molar-refractivity contribution in [1.82, 2.24) is 0 Å². The van der Waals surface area contributed by atoms with Gasteiger partial charge in [0.25, 0.3) is 0 Å². The summed E-state index contributed by atoms with van der Waals surface area (Å²) >= 11 is 4.18. The van der Waals surface area contributed by atoms with Crippen LogP contribution in [0.25, 0.3) is 0 Å². The predicted molar refractivity (Wildman–Crippen MR) is 37.9 cm³/mol. The predicted octanol–water partition coefficient (Wildman–Crippen LogP) is 2.27. The van der Waals surface area contributed by atoms with Crippen molar-refractivity contribution in [2.45, 2.75) is 25.5 Å². The topological polar surface area (TPSA) is 0 Å². The molecule has 7 heavy (non-hydrogen) atoms. The van der Waals surface area contributed by atoms with E-state index in [9.17, 15) is 0 Å². The molecule has 1 unspecified atom stereocenters. The lowest BCUT2D eigenvalue weighted by Gasteiger charge is -1.93. The third-order valence-corrected chi connectivity index (χ3v) is 0.924. The maximum Gasteiger partial charge on any atom is 0.00229 e. The first kappa shape index (κ1) is 7.09. The van der Waals surface area contributed by atoms with E-state index >= 15 is 0 Å². The van der Waals surface area contributed by atoms with Crippen LogP contribution in [-0.4, -0.2) is 5.25 Å². The monoisotopic (exact) mass is 116 g/mol. The maximum absolute atomic E-state index is 4.18. The van der Waals surface area contributed by atoms with Crippen LogP contribution in [0.3, 0.4) is 0 Å². The molecule has 0 nitrogen and oxygen atoms in total. The van der Waals surface area contributed by atoms with Gasteiger partial charge in [0.05, 0.1) is 0 Å². The summed E-state index contributed by atoms with van der Waals surface area (Å²) in [5, 5.41) is 0.510. The lowest BCUT2D eigenvalue weighted by atomic mass is 10.3. The quantitative estimate of drug-likeness (QED) is 0.415. The van der Waals surface area contributed by atoms with Crippen molar-refractivity contribution < 1.29 is 0 Å². The van der Waals surface area contributed by atoms with Gasteiger partial charge >= 0.3 is 0 Å². The standard InChI is InChI=1S/C6H12S/c1-3-4-5-6(2)7/h3-4,6-7H,5H2,1-2H3. The van der Waals surface area contributed by atoms with Crippen LogP contribution in [0.2, 0.25) is 0 Å². The lowest BCUT2D eigenvalue weighted by molar-refractivity contribution is 0.988. The average Bonchev–Trinajstić information content (AvgIpc) is 1.61. The van der Waals surface area contributed by atoms with Crippen molar-refractivity contribution in [2.24, 2.45) is 0 Å². The first-order chi connectivity index (χ1) is 3.27. The van der Waals surface area contributed by atoms with Crippen LogP contribution >= 0.6 is 12.6 Å². The molecule has 0 aromatic carbocycles. The van der Waals surface area contributed by atoms with Crippen LogP contribution < -0.4 is 0 Å². The van der Waals surface area contributed by atoms with Crippen LogP contribution in [0.5, 0.6) is 0 Å². The van der Waals surface area contributed by atoms with E-state index in [0.717, 1.165) is 6.42 Å². The molecule has 0 fully saturated rings. The van der Waals surface area contributed by atoms with Gasteiger partial charge in [-0.3, -0.25) is 0 Å². The fourth-order valence-electron chi connectivity index (χ4n) is 0.333. The molecule has 0 saturated carbocycles. The van der Waals surface area contributed by atoms with E-state index in [0.29, 0.717) is 5.25 Å². The Morgan fingerprint density at radius 2 is 2.29 bits per heavy atom. The summed E-state index contributed by atoms with van der Waals surface area (Å²) in [6.07, 6.45) is 5.25. The first-order valence-electron chi connectivity index (χ1n) is 2.56. The molecule has 1 heteroatoms. The first-order valence-corrected chi connectivity index (χ1v) is 3.08. The van der Waals surface area contributed by atoms with Gasteiger partial charge in [0, 0.05) is 5.25 Å². The van der Waals surface area contributed by atoms with Crippen molar-refractivity contribution in [2.75, 3.05) is 0 Å². The van der Waals surface area contributed by atoms with Gasteiger partial charge in [-0.1, -0.05) is 19.1 Å². The van der Waals surface area contributed by atoms with Gasteiger partial charge in [0.2, 0.25) is 0 Å². The van der Waals surface area contributed by atoms with Crippen molar-refractivity contribution in [1.29, 1.82) is 0 Å². The highest BCUT2D eigenvalue weighted by Gasteiger charge is 1.84. The molecule has 0 aliphatic heterocycles. The molecule has 0 bridgehead atoms. The number of hydrogen-bond acceptors (Lipinski definition) is 1. The zero-order valence-corrected chi connectivity index (χ0v) is 5.78. The second-order valence-electron chi connectivity index (χ2n) is 1.65. The molecule has 0 aromatic heterocycles. The van der Waals surface area contributed by atoms with E-state index in [1.807, 2.05) is 13.0 Å². The van der Waals surface area contributed by atoms with E-state index in [2.05, 4.69) is 25.6 Å². The molecule has 1 atom stereocenters. The van der Waals surface area contributed by atoms with E-state index in [4.69, 9.17) is 0 Å². The van der Waals surface area contributed by atoms with Crippen molar-refractivity contribution in [3.05, 3.63) is 12.2 Å². The summed E-state index contributed by atoms with van der Waals surface area (Å²) < 4.78 is 0. The molecule has 0 N–H and O–H groups in total. The second-order valence-corrected chi connectivity index (χ2v) is 2.54. The normalized spacial score (nSPS) is 15.3. The zero-order valence-electron chi connectivity index (χ0n) is 4.89. The van der Waals surface area contributed by atoms with Gasteiger partial charge in [0.15, 0.2) is 0 Å². The molecule has 0 radical (unpaired) electrons. The summed E-state index contributed by atoms with van der Waals surface area (Å²) in [7, 11) is 0. The smallest absolute Gasteiger partial charge is 0.00229 e. The summed E-state index contributed by atoms with van der Waals surface area (Å²) in [5.74, 6) is 0. The summed E-state index contributed by atoms with van der Waals surface area (Å²) in [6.45, 7) is 4.11. The van der Waals surface area contributed by atoms with Crippen LogP contribution in [0, 0.1) is 0 Å². The summed E-state index contributed by atoms with van der Waals surface area (Å²) in [5.41, 5.74) is 0. The highest BCUT2D eigenvalue weighted by molar-refractivity contribution is 7.80. The third-order valence-electron chi connectivity index (χ3n) is 0.713. The highest BCUT2D eigenvalue weighted by Crippen LogP contribution is 1.98. The minimum absolute atomic E-state index is 0.510. The molecule has 0 spiro atoms. The molecule has 0 saturated heterocycles. The van der Waals surface area contributed by atoms with Crippen LogP contribution in [0.15, 0.2) is 12.2 Å². The highest BCUT2D eigenvalue weighted by atomic mass is 32.1. The Kier molecular flexibility index (Phi) is 4.31. The van der Waals surface area contributed by atoms with E-state index < -0.39 is 0 Å². The Morgan fingerprint density at radius 1 is 1.71 bits per heavy atom. The zero-order chi connectivity index (χ0) is 5.70. The summed E-state index contributed by atoms with van der Waals surface area (Å²) in [6, 6.07) is 0. The SMILES string of the molecule is CC=CCC(C)S. The largest absolute Gasteiger partial charge is 0.176 e. The Hall–Kier alpha value is 0.0900. The van der Waals surface area contributed by atoms with E-state index in [-0.39, 0.29) is 0 Å². The van der Waals surface area contributed by atoms with Gasteiger partial charge in [-0.2, -0.15) is 12.6 Å². The van der Waals surface area contributed by atoms with E-state index in [1.54, 1.807) is 0 Å². The molecule has 0 aliphatic rings. The Bertz CT molecular complexity index is 55.2. The molecular formula is C6H12S. The fourth-order valence-corrected chi connectivity index (χ4v) is 0.455. The Balaban J connectivity index is 2.97.